The van der Waals surface area contributed by atoms with E-state index in [0.29, 0.717) is 5.95 Å². The maximum Gasteiger partial charge on any atom is 0.239 e. The van der Waals surface area contributed by atoms with Gasteiger partial charge in [-0.15, -0.1) is 0 Å². The van der Waals surface area contributed by atoms with Gasteiger partial charge in [-0.1, -0.05) is 12.8 Å². The summed E-state index contributed by atoms with van der Waals surface area (Å²) in [6, 6.07) is 1.93. The molecule has 18 heavy (non-hydrogen) atoms. The molecule has 0 unspecified atom stereocenters. The van der Waals surface area contributed by atoms with E-state index in [4.69, 9.17) is 5.84 Å². The highest BCUT2D eigenvalue weighted by atomic mass is 32.2. The molecule has 1 rings (SSSR count). The lowest BCUT2D eigenvalue weighted by Crippen LogP contribution is -2.13. The van der Waals surface area contributed by atoms with Crippen molar-refractivity contribution in [2.75, 3.05) is 29.3 Å². The zero-order valence-corrected chi connectivity index (χ0v) is 12.0. The summed E-state index contributed by atoms with van der Waals surface area (Å²) in [5.74, 6) is 7.86. The average Bonchev–Trinajstić information content (AvgIpc) is 2.37. The van der Waals surface area contributed by atoms with Gasteiger partial charge in [0.2, 0.25) is 5.95 Å². The largest absolute Gasteiger partial charge is 0.370 e. The van der Waals surface area contributed by atoms with E-state index in [9.17, 15) is 0 Å². The minimum Gasteiger partial charge on any atom is -0.370 e. The van der Waals surface area contributed by atoms with Gasteiger partial charge in [0.15, 0.2) is 0 Å². The number of hydrazine groups is 1. The first-order valence-corrected chi connectivity index (χ1v) is 7.70. The Bertz CT molecular complexity index is 345. The molecule has 0 saturated heterocycles. The van der Waals surface area contributed by atoms with Gasteiger partial charge >= 0.3 is 0 Å². The van der Waals surface area contributed by atoms with E-state index in [1.165, 1.54) is 31.4 Å². The number of hydrogen-bond acceptors (Lipinski definition) is 6. The molecule has 0 atom stereocenters. The third-order valence-electron chi connectivity index (χ3n) is 2.56. The normalized spacial score (nSPS) is 10.4. The Labute approximate surface area is 113 Å². The fourth-order valence-corrected chi connectivity index (χ4v) is 2.16. The highest BCUT2D eigenvalue weighted by Crippen LogP contribution is 2.09. The summed E-state index contributed by atoms with van der Waals surface area (Å²) in [5.41, 5.74) is 3.37. The number of unbranched alkanes of at least 4 members (excludes halogenated alkanes) is 3. The number of thioether (sulfide) groups is 1. The number of nitrogen functional groups attached to an aromatic ring is 1. The predicted octanol–water partition coefficient (Wildman–Crippen LogP) is 2.41. The highest BCUT2D eigenvalue weighted by Gasteiger charge is 1.99. The Morgan fingerprint density at radius 2 is 2.00 bits per heavy atom. The summed E-state index contributed by atoms with van der Waals surface area (Å²) in [7, 11) is 0. The monoisotopic (exact) mass is 269 g/mol. The number of aromatic nitrogens is 2. The number of hydrogen-bond donors (Lipinski definition) is 3. The molecule has 1 heterocycles. The molecule has 1 aromatic rings. The van der Waals surface area contributed by atoms with Crippen LogP contribution < -0.4 is 16.6 Å². The summed E-state index contributed by atoms with van der Waals surface area (Å²) < 4.78 is 0. The van der Waals surface area contributed by atoms with E-state index in [-0.39, 0.29) is 0 Å². The molecule has 0 spiro atoms. The molecule has 6 heteroatoms. The van der Waals surface area contributed by atoms with Crippen LogP contribution in [0.2, 0.25) is 0 Å². The van der Waals surface area contributed by atoms with E-state index in [1.807, 2.05) is 24.8 Å². The minimum atomic E-state index is 0.456. The number of nitrogens with zero attached hydrogens (tertiary/aromatic N) is 2. The second kappa shape index (κ2) is 8.99. The van der Waals surface area contributed by atoms with Gasteiger partial charge in [0.25, 0.3) is 0 Å². The smallest absolute Gasteiger partial charge is 0.239 e. The van der Waals surface area contributed by atoms with Gasteiger partial charge in [-0.2, -0.15) is 16.7 Å². The second-order valence-electron chi connectivity index (χ2n) is 4.20. The first kappa shape index (κ1) is 15.0. The Morgan fingerprint density at radius 1 is 1.22 bits per heavy atom. The van der Waals surface area contributed by atoms with Gasteiger partial charge in [-0.25, -0.2) is 10.8 Å². The van der Waals surface area contributed by atoms with E-state index in [1.54, 1.807) is 0 Å². The lowest BCUT2D eigenvalue weighted by Gasteiger charge is -2.08. The first-order valence-electron chi connectivity index (χ1n) is 6.31. The van der Waals surface area contributed by atoms with Gasteiger partial charge < -0.3 is 5.32 Å². The summed E-state index contributed by atoms with van der Waals surface area (Å²) in [6.45, 7) is 2.87. The minimum absolute atomic E-state index is 0.456. The maximum atomic E-state index is 5.31. The Hall–Kier alpha value is -1.01. The third kappa shape index (κ3) is 6.07. The quantitative estimate of drug-likeness (QED) is 0.363. The second-order valence-corrected chi connectivity index (χ2v) is 5.18. The SMILES string of the molecule is CSCCCCCCNc1cc(C)nc(NN)n1. The van der Waals surface area contributed by atoms with E-state index in [0.717, 1.165) is 18.1 Å². The summed E-state index contributed by atoms with van der Waals surface area (Å²) >= 11 is 1.92. The summed E-state index contributed by atoms with van der Waals surface area (Å²) in [5, 5.41) is 3.30. The molecule has 0 aliphatic carbocycles. The Morgan fingerprint density at radius 3 is 2.72 bits per heavy atom. The van der Waals surface area contributed by atoms with Gasteiger partial charge in [-0.3, -0.25) is 5.43 Å². The van der Waals surface area contributed by atoms with Crippen LogP contribution in [0.1, 0.15) is 31.4 Å². The molecular weight excluding hydrogens is 246 g/mol. The van der Waals surface area contributed by atoms with Gasteiger partial charge in [0.05, 0.1) is 0 Å². The molecule has 0 aliphatic heterocycles. The summed E-state index contributed by atoms with van der Waals surface area (Å²) in [4.78, 5) is 8.38. The molecule has 0 radical (unpaired) electrons. The van der Waals surface area contributed by atoms with Crippen molar-refractivity contribution in [2.45, 2.75) is 32.6 Å². The van der Waals surface area contributed by atoms with Crippen LogP contribution in [0.5, 0.6) is 0 Å². The van der Waals surface area contributed by atoms with Gasteiger partial charge in [-0.05, 0) is 31.8 Å². The molecule has 4 N–H and O–H groups in total. The molecule has 102 valence electrons. The van der Waals surface area contributed by atoms with Crippen LogP contribution in [0.4, 0.5) is 11.8 Å². The standard InChI is InChI=1S/C12H23N5S/c1-10-9-11(16-12(15-10)17-13)14-7-5-3-4-6-8-18-2/h9H,3-8,13H2,1-2H3,(H2,14,15,16,17). The summed E-state index contributed by atoms with van der Waals surface area (Å²) in [6.07, 6.45) is 7.21. The Balaban J connectivity index is 2.20. The van der Waals surface area contributed by atoms with E-state index in [2.05, 4.69) is 27.0 Å². The molecule has 0 aromatic carbocycles. The average molecular weight is 269 g/mol. The van der Waals surface area contributed by atoms with Crippen LogP contribution in [0.3, 0.4) is 0 Å². The molecule has 0 bridgehead atoms. The third-order valence-corrected chi connectivity index (χ3v) is 3.26. The number of anilines is 2. The number of nitrogens with one attached hydrogen (secondary N) is 2. The molecule has 5 nitrogen and oxygen atoms in total. The molecule has 1 aromatic heterocycles. The first-order chi connectivity index (χ1) is 8.76. The van der Waals surface area contributed by atoms with Crippen LogP contribution in [-0.4, -0.2) is 28.5 Å². The highest BCUT2D eigenvalue weighted by molar-refractivity contribution is 7.98. The van der Waals surface area contributed by atoms with Crippen LogP contribution in [0, 0.1) is 6.92 Å². The van der Waals surface area contributed by atoms with Crippen molar-refractivity contribution in [2.24, 2.45) is 5.84 Å². The van der Waals surface area contributed by atoms with Crippen LogP contribution in [0.15, 0.2) is 6.07 Å². The molecule has 0 amide bonds. The number of nitrogens with two attached hydrogens (primary N) is 1. The topological polar surface area (TPSA) is 75.9 Å². The van der Waals surface area contributed by atoms with E-state index >= 15 is 0 Å². The molecule has 0 fully saturated rings. The van der Waals surface area contributed by atoms with Crippen molar-refractivity contribution < 1.29 is 0 Å². The zero-order chi connectivity index (χ0) is 13.2. The van der Waals surface area contributed by atoms with Crippen LogP contribution >= 0.6 is 11.8 Å². The Kier molecular flexibility index (Phi) is 7.52. The fourth-order valence-electron chi connectivity index (χ4n) is 1.67. The fraction of sp³-hybridized carbons (Fsp3) is 0.667. The number of rotatable bonds is 9. The van der Waals surface area contributed by atoms with E-state index < -0.39 is 0 Å². The van der Waals surface area contributed by atoms with Crippen LogP contribution in [0.25, 0.3) is 0 Å². The molecule has 0 saturated carbocycles. The lowest BCUT2D eigenvalue weighted by molar-refractivity contribution is 0.688. The molecule has 0 aliphatic rings. The molecular formula is C12H23N5S. The maximum absolute atomic E-state index is 5.31. The predicted molar refractivity (Wildman–Crippen MR) is 79.9 cm³/mol. The zero-order valence-electron chi connectivity index (χ0n) is 11.2. The van der Waals surface area contributed by atoms with Crippen molar-refractivity contribution >= 4 is 23.5 Å². The van der Waals surface area contributed by atoms with Crippen LogP contribution in [-0.2, 0) is 0 Å². The lowest BCUT2D eigenvalue weighted by atomic mass is 10.2. The number of aryl methyl sites for hydroxylation is 1. The van der Waals surface area contributed by atoms with Crippen molar-refractivity contribution in [1.82, 2.24) is 9.97 Å². The van der Waals surface area contributed by atoms with Gasteiger partial charge in [0, 0.05) is 18.3 Å². The van der Waals surface area contributed by atoms with Gasteiger partial charge in [0.1, 0.15) is 5.82 Å². The van der Waals surface area contributed by atoms with Crippen molar-refractivity contribution in [3.63, 3.8) is 0 Å². The van der Waals surface area contributed by atoms with Crippen molar-refractivity contribution in [3.05, 3.63) is 11.8 Å². The van der Waals surface area contributed by atoms with Crippen molar-refractivity contribution in [1.29, 1.82) is 0 Å². The van der Waals surface area contributed by atoms with Crippen molar-refractivity contribution in [3.8, 4) is 0 Å².